The largest absolute Gasteiger partial charge is 0.334 e. The Morgan fingerprint density at radius 2 is 2.08 bits per heavy atom. The standard InChI is InChI=1S/C17H27N5OS/c1-13-6-9-24-16(13)12-22(8-7-20(3)4)17(23)18-10-15-11-21(5)19-14(15)2/h6,9,11H,7-8,10,12H2,1-5H3,(H,18,23). The molecule has 0 atom stereocenters. The smallest absolute Gasteiger partial charge is 0.318 e. The number of aryl methyl sites for hydroxylation is 3. The van der Waals surface area contributed by atoms with Crippen LogP contribution in [0.2, 0.25) is 0 Å². The number of likely N-dealkylation sites (N-methyl/N-ethyl adjacent to an activating group) is 1. The van der Waals surface area contributed by atoms with Gasteiger partial charge in [0.1, 0.15) is 0 Å². The summed E-state index contributed by atoms with van der Waals surface area (Å²) in [7, 11) is 5.93. The lowest BCUT2D eigenvalue weighted by Crippen LogP contribution is -2.42. The first kappa shape index (κ1) is 18.5. The molecule has 0 aliphatic heterocycles. The summed E-state index contributed by atoms with van der Waals surface area (Å²) in [4.78, 5) is 17.9. The van der Waals surface area contributed by atoms with E-state index in [4.69, 9.17) is 0 Å². The molecule has 0 unspecified atom stereocenters. The minimum atomic E-state index is -0.0343. The van der Waals surface area contributed by atoms with Gasteiger partial charge in [0.25, 0.3) is 0 Å². The Hall–Kier alpha value is -1.86. The van der Waals surface area contributed by atoms with Gasteiger partial charge in [0.05, 0.1) is 12.2 Å². The molecule has 0 aromatic carbocycles. The number of aromatic nitrogens is 2. The molecule has 1 N–H and O–H groups in total. The first-order chi connectivity index (χ1) is 11.4. The van der Waals surface area contributed by atoms with E-state index < -0.39 is 0 Å². The third-order valence-corrected chi connectivity index (χ3v) is 4.96. The topological polar surface area (TPSA) is 53.4 Å². The Balaban J connectivity index is 2.00. The van der Waals surface area contributed by atoms with Crippen LogP contribution in [0.4, 0.5) is 4.79 Å². The van der Waals surface area contributed by atoms with Crippen molar-refractivity contribution in [2.75, 3.05) is 27.2 Å². The quantitative estimate of drug-likeness (QED) is 0.835. The highest BCUT2D eigenvalue weighted by Gasteiger charge is 2.16. The van der Waals surface area contributed by atoms with E-state index in [9.17, 15) is 4.79 Å². The zero-order chi connectivity index (χ0) is 17.7. The number of carbonyl (C=O) groups excluding carboxylic acids is 1. The van der Waals surface area contributed by atoms with Crippen molar-refractivity contribution in [1.82, 2.24) is 24.9 Å². The Labute approximate surface area is 148 Å². The number of urea groups is 1. The fourth-order valence-corrected chi connectivity index (χ4v) is 3.34. The molecule has 0 saturated carbocycles. The predicted molar refractivity (Wildman–Crippen MR) is 98.2 cm³/mol. The second-order valence-corrected chi connectivity index (χ2v) is 7.32. The van der Waals surface area contributed by atoms with Gasteiger partial charge in [0, 0.05) is 43.3 Å². The molecule has 7 heteroatoms. The molecule has 2 aromatic rings. The fourth-order valence-electron chi connectivity index (χ4n) is 2.42. The van der Waals surface area contributed by atoms with Crippen molar-refractivity contribution < 1.29 is 4.79 Å². The molecular weight excluding hydrogens is 322 g/mol. The van der Waals surface area contributed by atoms with Crippen molar-refractivity contribution >= 4 is 17.4 Å². The normalized spacial score (nSPS) is 11.1. The van der Waals surface area contributed by atoms with Gasteiger partial charge in [0.15, 0.2) is 0 Å². The third kappa shape index (κ3) is 5.07. The molecule has 0 aliphatic rings. The maximum atomic E-state index is 12.7. The molecular formula is C17H27N5OS. The van der Waals surface area contributed by atoms with E-state index in [1.807, 2.05) is 39.2 Å². The van der Waals surface area contributed by atoms with Gasteiger partial charge in [-0.3, -0.25) is 4.68 Å². The highest BCUT2D eigenvalue weighted by molar-refractivity contribution is 7.10. The zero-order valence-corrected chi connectivity index (χ0v) is 16.0. The monoisotopic (exact) mass is 349 g/mol. The van der Waals surface area contributed by atoms with E-state index in [1.165, 1.54) is 10.4 Å². The van der Waals surface area contributed by atoms with Crippen molar-refractivity contribution in [3.05, 3.63) is 39.3 Å². The van der Waals surface area contributed by atoms with E-state index in [0.29, 0.717) is 19.6 Å². The predicted octanol–water partition coefficient (Wildman–Crippen LogP) is 2.37. The molecule has 0 aliphatic carbocycles. The average molecular weight is 350 g/mol. The van der Waals surface area contributed by atoms with Crippen LogP contribution in [0.25, 0.3) is 0 Å². The molecule has 0 spiro atoms. The summed E-state index contributed by atoms with van der Waals surface area (Å²) in [5.41, 5.74) is 3.24. The molecule has 0 bridgehead atoms. The number of carbonyl (C=O) groups is 1. The summed E-state index contributed by atoms with van der Waals surface area (Å²) in [5, 5.41) is 9.42. The number of rotatable bonds is 7. The lowest BCUT2D eigenvalue weighted by molar-refractivity contribution is 0.189. The Bertz CT molecular complexity index is 676. The van der Waals surface area contributed by atoms with Crippen molar-refractivity contribution in [3.63, 3.8) is 0 Å². The minimum absolute atomic E-state index is 0.0343. The molecule has 2 heterocycles. The Morgan fingerprint density at radius 1 is 1.33 bits per heavy atom. The summed E-state index contributed by atoms with van der Waals surface area (Å²) < 4.78 is 1.77. The van der Waals surface area contributed by atoms with Crippen LogP contribution in [-0.4, -0.2) is 52.8 Å². The van der Waals surface area contributed by atoms with Gasteiger partial charge in [-0.2, -0.15) is 5.10 Å². The second-order valence-electron chi connectivity index (χ2n) is 6.32. The van der Waals surface area contributed by atoms with Gasteiger partial charge in [-0.05, 0) is 45.0 Å². The highest BCUT2D eigenvalue weighted by Crippen LogP contribution is 2.18. The first-order valence-electron chi connectivity index (χ1n) is 8.06. The van der Waals surface area contributed by atoms with E-state index in [-0.39, 0.29) is 6.03 Å². The number of nitrogens with one attached hydrogen (secondary N) is 1. The van der Waals surface area contributed by atoms with Crippen LogP contribution in [0, 0.1) is 13.8 Å². The number of hydrogen-bond donors (Lipinski definition) is 1. The number of hydrogen-bond acceptors (Lipinski definition) is 4. The summed E-state index contributed by atoms with van der Waals surface area (Å²) in [6.45, 7) is 6.73. The van der Waals surface area contributed by atoms with E-state index >= 15 is 0 Å². The summed E-state index contributed by atoms with van der Waals surface area (Å²) in [6.07, 6.45) is 1.95. The van der Waals surface area contributed by atoms with Crippen molar-refractivity contribution in [1.29, 1.82) is 0 Å². The lowest BCUT2D eigenvalue weighted by Gasteiger charge is -2.24. The van der Waals surface area contributed by atoms with Crippen molar-refractivity contribution in [2.24, 2.45) is 7.05 Å². The van der Waals surface area contributed by atoms with Crippen LogP contribution in [0.5, 0.6) is 0 Å². The van der Waals surface area contributed by atoms with E-state index in [1.54, 1.807) is 16.0 Å². The van der Waals surface area contributed by atoms with Gasteiger partial charge >= 0.3 is 6.03 Å². The van der Waals surface area contributed by atoms with Crippen LogP contribution in [0.15, 0.2) is 17.6 Å². The first-order valence-corrected chi connectivity index (χ1v) is 8.94. The Kier molecular flexibility index (Phi) is 6.39. The minimum Gasteiger partial charge on any atom is -0.334 e. The molecule has 0 saturated heterocycles. The average Bonchev–Trinajstić information content (AvgIpc) is 3.05. The SMILES string of the molecule is Cc1ccsc1CN(CCN(C)C)C(=O)NCc1cn(C)nc1C. The molecule has 132 valence electrons. The maximum absolute atomic E-state index is 12.7. The third-order valence-electron chi connectivity index (χ3n) is 3.95. The molecule has 2 rings (SSSR count). The number of amides is 2. The van der Waals surface area contributed by atoms with E-state index in [2.05, 4.69) is 33.7 Å². The lowest BCUT2D eigenvalue weighted by atomic mass is 10.2. The van der Waals surface area contributed by atoms with Crippen molar-refractivity contribution in [2.45, 2.75) is 26.9 Å². The summed E-state index contributed by atoms with van der Waals surface area (Å²) >= 11 is 1.70. The van der Waals surface area contributed by atoms with Gasteiger partial charge in [-0.1, -0.05) is 0 Å². The molecule has 2 amide bonds. The van der Waals surface area contributed by atoms with E-state index in [0.717, 1.165) is 17.8 Å². The second kappa shape index (κ2) is 8.30. The van der Waals surface area contributed by atoms with Crippen molar-refractivity contribution in [3.8, 4) is 0 Å². The maximum Gasteiger partial charge on any atom is 0.318 e. The van der Waals surface area contributed by atoms with Crippen LogP contribution < -0.4 is 5.32 Å². The molecule has 0 radical (unpaired) electrons. The molecule has 0 fully saturated rings. The zero-order valence-electron chi connectivity index (χ0n) is 15.2. The fraction of sp³-hybridized carbons (Fsp3) is 0.529. The summed E-state index contributed by atoms with van der Waals surface area (Å²) in [5.74, 6) is 0. The number of thiophene rings is 1. The van der Waals surface area contributed by atoms with Gasteiger partial charge in [-0.25, -0.2) is 4.79 Å². The van der Waals surface area contributed by atoms with Crippen LogP contribution in [0.3, 0.4) is 0 Å². The highest BCUT2D eigenvalue weighted by atomic mass is 32.1. The number of nitrogens with zero attached hydrogens (tertiary/aromatic N) is 4. The molecule has 6 nitrogen and oxygen atoms in total. The van der Waals surface area contributed by atoms with Gasteiger partial charge in [-0.15, -0.1) is 11.3 Å². The van der Waals surface area contributed by atoms with Crippen LogP contribution in [0.1, 0.15) is 21.7 Å². The Morgan fingerprint density at radius 3 is 2.62 bits per heavy atom. The van der Waals surface area contributed by atoms with Crippen LogP contribution in [-0.2, 0) is 20.1 Å². The molecule has 2 aromatic heterocycles. The molecule has 24 heavy (non-hydrogen) atoms. The van der Waals surface area contributed by atoms with Crippen LogP contribution >= 0.6 is 11.3 Å². The van der Waals surface area contributed by atoms with Gasteiger partial charge in [0.2, 0.25) is 0 Å². The summed E-state index contributed by atoms with van der Waals surface area (Å²) in [6, 6.07) is 2.06. The van der Waals surface area contributed by atoms with Gasteiger partial charge < -0.3 is 15.1 Å².